The van der Waals surface area contributed by atoms with Crippen LogP contribution in [0, 0.1) is 5.92 Å². The summed E-state index contributed by atoms with van der Waals surface area (Å²) < 4.78 is 0. The highest BCUT2D eigenvalue weighted by atomic mass is 16.4. The Hall–Kier alpha value is -1.84. The van der Waals surface area contributed by atoms with Crippen LogP contribution < -0.4 is 0 Å². The van der Waals surface area contributed by atoms with Crippen molar-refractivity contribution >= 4 is 11.9 Å². The van der Waals surface area contributed by atoms with E-state index in [9.17, 15) is 14.7 Å². The fourth-order valence-electron chi connectivity index (χ4n) is 2.95. The minimum atomic E-state index is -0.887. The summed E-state index contributed by atoms with van der Waals surface area (Å²) >= 11 is 0. The number of likely N-dealkylation sites (tertiary alicyclic amines) is 1. The van der Waals surface area contributed by atoms with Gasteiger partial charge in [0.1, 0.15) is 6.04 Å². The molecular formula is C17H23NO3. The van der Waals surface area contributed by atoms with Crippen LogP contribution in [0.1, 0.15) is 44.6 Å². The fourth-order valence-corrected chi connectivity index (χ4v) is 2.95. The summed E-state index contributed by atoms with van der Waals surface area (Å²) in [6.45, 7) is 4.61. The lowest BCUT2D eigenvalue weighted by atomic mass is 9.91. The van der Waals surface area contributed by atoms with Gasteiger partial charge in [-0.05, 0) is 30.2 Å². The minimum Gasteiger partial charge on any atom is -0.480 e. The number of hydrogen-bond donors (Lipinski definition) is 1. The first-order chi connectivity index (χ1) is 9.99. The molecule has 1 aliphatic rings. The molecule has 114 valence electrons. The molecular weight excluding hydrogens is 266 g/mol. The topological polar surface area (TPSA) is 57.6 Å². The second-order valence-corrected chi connectivity index (χ2v) is 6.09. The van der Waals surface area contributed by atoms with E-state index < -0.39 is 12.0 Å². The Labute approximate surface area is 125 Å². The smallest absolute Gasteiger partial charge is 0.326 e. The van der Waals surface area contributed by atoms with Gasteiger partial charge in [0.25, 0.3) is 0 Å². The van der Waals surface area contributed by atoms with Gasteiger partial charge in [0.15, 0.2) is 0 Å². The van der Waals surface area contributed by atoms with E-state index in [0.29, 0.717) is 25.3 Å². The molecule has 1 heterocycles. The molecule has 1 saturated heterocycles. The Balaban J connectivity index is 2.03. The number of carboxylic acids is 1. The molecule has 0 radical (unpaired) electrons. The van der Waals surface area contributed by atoms with Crippen LogP contribution in [0.5, 0.6) is 0 Å². The van der Waals surface area contributed by atoms with Gasteiger partial charge in [0, 0.05) is 13.0 Å². The van der Waals surface area contributed by atoms with Crippen molar-refractivity contribution in [3.8, 4) is 0 Å². The van der Waals surface area contributed by atoms with Crippen molar-refractivity contribution in [3.05, 3.63) is 35.9 Å². The monoisotopic (exact) mass is 289 g/mol. The molecule has 1 aliphatic heterocycles. The van der Waals surface area contributed by atoms with E-state index in [2.05, 4.69) is 0 Å². The van der Waals surface area contributed by atoms with Gasteiger partial charge in [0.05, 0.1) is 0 Å². The maximum Gasteiger partial charge on any atom is 0.326 e. The van der Waals surface area contributed by atoms with Crippen molar-refractivity contribution in [2.45, 2.75) is 45.1 Å². The van der Waals surface area contributed by atoms with E-state index >= 15 is 0 Å². The molecule has 3 unspecified atom stereocenters. The summed E-state index contributed by atoms with van der Waals surface area (Å²) in [5.41, 5.74) is 1.11. The quantitative estimate of drug-likeness (QED) is 0.927. The predicted molar refractivity (Wildman–Crippen MR) is 81.0 cm³/mol. The summed E-state index contributed by atoms with van der Waals surface area (Å²) in [6, 6.07) is 9.21. The predicted octanol–water partition coefficient (Wildman–Crippen LogP) is 2.89. The molecule has 1 fully saturated rings. The molecule has 4 nitrogen and oxygen atoms in total. The van der Waals surface area contributed by atoms with E-state index in [-0.39, 0.29) is 11.8 Å². The summed E-state index contributed by atoms with van der Waals surface area (Å²) in [7, 11) is 0. The van der Waals surface area contributed by atoms with Crippen molar-refractivity contribution < 1.29 is 14.7 Å². The van der Waals surface area contributed by atoms with Crippen LogP contribution in [0.3, 0.4) is 0 Å². The molecule has 2 rings (SSSR count). The lowest BCUT2D eigenvalue weighted by Gasteiger charge is -2.36. The van der Waals surface area contributed by atoms with Crippen molar-refractivity contribution in [2.24, 2.45) is 5.92 Å². The first kappa shape index (κ1) is 15.5. The van der Waals surface area contributed by atoms with Crippen LogP contribution in [0.4, 0.5) is 0 Å². The van der Waals surface area contributed by atoms with E-state index in [1.165, 1.54) is 0 Å². The summed E-state index contributed by atoms with van der Waals surface area (Å²) in [5.74, 6) is -0.470. The summed E-state index contributed by atoms with van der Waals surface area (Å²) in [6.07, 6.45) is 1.80. The number of aliphatic carboxylic acids is 1. The Morgan fingerprint density at radius 1 is 1.33 bits per heavy atom. The molecule has 1 aromatic rings. The first-order valence-electron chi connectivity index (χ1n) is 7.56. The number of carbonyl (C=O) groups excluding carboxylic acids is 1. The lowest BCUT2D eigenvalue weighted by Crippen LogP contribution is -2.50. The molecule has 21 heavy (non-hydrogen) atoms. The number of rotatable bonds is 4. The molecule has 0 bridgehead atoms. The number of hydrogen-bond acceptors (Lipinski definition) is 2. The number of benzene rings is 1. The van der Waals surface area contributed by atoms with Crippen LogP contribution in [-0.4, -0.2) is 34.5 Å². The molecule has 0 spiro atoms. The molecule has 1 N–H and O–H groups in total. The largest absolute Gasteiger partial charge is 0.480 e. The molecule has 3 atom stereocenters. The molecule has 0 aliphatic carbocycles. The van der Waals surface area contributed by atoms with Gasteiger partial charge in [-0.25, -0.2) is 4.79 Å². The van der Waals surface area contributed by atoms with Gasteiger partial charge in [0.2, 0.25) is 5.91 Å². The SMILES string of the molecule is CC1CCN(C(=O)CC(C)c2ccccc2)C(C(=O)O)C1. The maximum absolute atomic E-state index is 12.5. The van der Waals surface area contributed by atoms with Crippen LogP contribution in [0.15, 0.2) is 30.3 Å². The zero-order valence-corrected chi connectivity index (χ0v) is 12.7. The van der Waals surface area contributed by atoms with Crippen LogP contribution >= 0.6 is 0 Å². The zero-order valence-electron chi connectivity index (χ0n) is 12.7. The third-order valence-corrected chi connectivity index (χ3v) is 4.32. The Morgan fingerprint density at radius 2 is 2.00 bits per heavy atom. The second-order valence-electron chi connectivity index (χ2n) is 6.09. The van der Waals surface area contributed by atoms with Gasteiger partial charge in [-0.3, -0.25) is 4.79 Å². The maximum atomic E-state index is 12.5. The normalized spacial score (nSPS) is 23.6. The van der Waals surface area contributed by atoms with E-state index in [0.717, 1.165) is 12.0 Å². The van der Waals surface area contributed by atoms with Crippen molar-refractivity contribution in [1.82, 2.24) is 4.90 Å². The van der Waals surface area contributed by atoms with E-state index in [4.69, 9.17) is 0 Å². The third-order valence-electron chi connectivity index (χ3n) is 4.32. The molecule has 1 amide bonds. The Morgan fingerprint density at radius 3 is 2.62 bits per heavy atom. The van der Waals surface area contributed by atoms with E-state index in [1.807, 2.05) is 44.2 Å². The fraction of sp³-hybridized carbons (Fsp3) is 0.529. The number of carbonyl (C=O) groups is 2. The van der Waals surface area contributed by atoms with Crippen molar-refractivity contribution in [1.29, 1.82) is 0 Å². The second kappa shape index (κ2) is 6.74. The summed E-state index contributed by atoms with van der Waals surface area (Å²) in [5, 5.41) is 9.33. The average Bonchev–Trinajstić information content (AvgIpc) is 2.47. The third kappa shape index (κ3) is 3.84. The molecule has 0 saturated carbocycles. The van der Waals surface area contributed by atoms with E-state index in [1.54, 1.807) is 4.90 Å². The highest BCUT2D eigenvalue weighted by Crippen LogP contribution is 2.26. The van der Waals surface area contributed by atoms with Gasteiger partial charge in [-0.2, -0.15) is 0 Å². The standard InChI is InChI=1S/C17H23NO3/c1-12-8-9-18(15(10-12)17(20)21)16(19)11-13(2)14-6-4-3-5-7-14/h3-7,12-13,15H,8-11H2,1-2H3,(H,20,21). The highest BCUT2D eigenvalue weighted by molar-refractivity contribution is 5.84. The highest BCUT2D eigenvalue weighted by Gasteiger charge is 2.34. The molecule has 0 aromatic heterocycles. The van der Waals surface area contributed by atoms with Gasteiger partial charge in [-0.15, -0.1) is 0 Å². The van der Waals surface area contributed by atoms with Gasteiger partial charge < -0.3 is 10.0 Å². The average molecular weight is 289 g/mol. The summed E-state index contributed by atoms with van der Waals surface area (Å²) in [4.78, 5) is 25.4. The van der Waals surface area contributed by atoms with Crippen LogP contribution in [-0.2, 0) is 9.59 Å². The van der Waals surface area contributed by atoms with Crippen LogP contribution in [0.2, 0.25) is 0 Å². The number of amides is 1. The molecule has 1 aromatic carbocycles. The first-order valence-corrected chi connectivity index (χ1v) is 7.56. The van der Waals surface area contributed by atoms with Crippen molar-refractivity contribution in [3.63, 3.8) is 0 Å². The zero-order chi connectivity index (χ0) is 15.4. The van der Waals surface area contributed by atoms with Crippen molar-refractivity contribution in [2.75, 3.05) is 6.54 Å². The van der Waals surface area contributed by atoms with Gasteiger partial charge in [-0.1, -0.05) is 44.2 Å². The lowest BCUT2D eigenvalue weighted by molar-refractivity contribution is -0.153. The molecule has 4 heteroatoms. The minimum absolute atomic E-state index is 0.0503. The Kier molecular flexibility index (Phi) is 4.99. The Bertz CT molecular complexity index is 500. The van der Waals surface area contributed by atoms with Crippen LogP contribution in [0.25, 0.3) is 0 Å². The van der Waals surface area contributed by atoms with Gasteiger partial charge >= 0.3 is 5.97 Å². The number of carboxylic acid groups (broad SMARTS) is 1. The number of piperidine rings is 1. The number of nitrogens with zero attached hydrogens (tertiary/aromatic N) is 1.